The van der Waals surface area contributed by atoms with E-state index in [0.29, 0.717) is 11.8 Å². The fourth-order valence-corrected chi connectivity index (χ4v) is 2.48. The topological polar surface area (TPSA) is 55.3 Å². The molecule has 1 heterocycles. The zero-order valence-corrected chi connectivity index (χ0v) is 11.0. The van der Waals surface area contributed by atoms with Gasteiger partial charge in [-0.05, 0) is 31.7 Å². The lowest BCUT2D eigenvalue weighted by atomic mass is 9.93. The summed E-state index contributed by atoms with van der Waals surface area (Å²) < 4.78 is 6.57. The van der Waals surface area contributed by atoms with Crippen molar-refractivity contribution in [3.05, 3.63) is 24.3 Å². The van der Waals surface area contributed by atoms with Crippen molar-refractivity contribution in [2.75, 3.05) is 7.11 Å². The second-order valence-electron chi connectivity index (χ2n) is 4.38. The van der Waals surface area contributed by atoms with Crippen molar-refractivity contribution in [1.82, 2.24) is 14.4 Å². The van der Waals surface area contributed by atoms with E-state index in [4.69, 9.17) is 16.5 Å². The molecule has 2 rings (SSSR count). The van der Waals surface area contributed by atoms with Crippen LogP contribution in [0.5, 0.6) is 0 Å². The van der Waals surface area contributed by atoms with Gasteiger partial charge in [-0.25, -0.2) is 14.4 Å². The highest BCUT2D eigenvalue weighted by Gasteiger charge is 2.29. The van der Waals surface area contributed by atoms with Gasteiger partial charge in [-0.2, -0.15) is 0 Å². The van der Waals surface area contributed by atoms with Crippen molar-refractivity contribution < 1.29 is 9.53 Å². The molecule has 0 saturated heterocycles. The summed E-state index contributed by atoms with van der Waals surface area (Å²) in [6, 6.07) is 1.62. The minimum Gasteiger partial charge on any atom is -0.381 e. The summed E-state index contributed by atoms with van der Waals surface area (Å²) in [5.41, 5.74) is 0.328. The van der Waals surface area contributed by atoms with Crippen molar-refractivity contribution in [3.63, 3.8) is 0 Å². The minimum atomic E-state index is -0.264. The fourth-order valence-electron chi connectivity index (χ4n) is 2.20. The molecule has 0 aliphatic heterocycles. The Morgan fingerprint density at radius 1 is 1.44 bits per heavy atom. The quantitative estimate of drug-likeness (QED) is 0.788. The van der Waals surface area contributed by atoms with Crippen LogP contribution < -0.4 is 0 Å². The number of hydrogen-bond acceptors (Lipinski definition) is 4. The molecule has 98 valence electrons. The van der Waals surface area contributed by atoms with E-state index in [9.17, 15) is 4.79 Å². The van der Waals surface area contributed by atoms with Gasteiger partial charge >= 0.3 is 0 Å². The number of ether oxygens (including phenoxy) is 1. The van der Waals surface area contributed by atoms with Gasteiger partial charge in [0.15, 0.2) is 0 Å². The van der Waals surface area contributed by atoms with E-state index in [0.717, 1.165) is 25.7 Å². The van der Waals surface area contributed by atoms with Crippen molar-refractivity contribution in [2.45, 2.75) is 37.8 Å². The Bertz CT molecular complexity index is 394. The number of aromatic nitrogens is 2. The fraction of sp³-hybridized carbons (Fsp3) is 0.583. The van der Waals surface area contributed by atoms with Gasteiger partial charge in [0.05, 0.1) is 6.10 Å². The van der Waals surface area contributed by atoms with Gasteiger partial charge in [0.2, 0.25) is 0 Å². The Morgan fingerprint density at radius 2 is 2.17 bits per heavy atom. The third-order valence-corrected chi connectivity index (χ3v) is 3.72. The van der Waals surface area contributed by atoms with Gasteiger partial charge in [-0.1, -0.05) is 0 Å². The summed E-state index contributed by atoms with van der Waals surface area (Å²) in [6.45, 7) is 0. The highest BCUT2D eigenvalue weighted by atomic mass is 35.5. The van der Waals surface area contributed by atoms with Crippen LogP contribution in [0.2, 0.25) is 0 Å². The van der Waals surface area contributed by atoms with Crippen LogP contribution in [0.4, 0.5) is 0 Å². The van der Waals surface area contributed by atoms with Gasteiger partial charge in [0, 0.05) is 31.1 Å². The summed E-state index contributed by atoms with van der Waals surface area (Å²) in [6.07, 6.45) is 6.76. The number of amides is 1. The largest absolute Gasteiger partial charge is 0.381 e. The molecule has 0 atom stereocenters. The van der Waals surface area contributed by atoms with Crippen LogP contribution in [0.3, 0.4) is 0 Å². The molecule has 0 spiro atoms. The maximum Gasteiger partial charge on any atom is 0.287 e. The van der Waals surface area contributed by atoms with E-state index in [2.05, 4.69) is 9.97 Å². The zero-order chi connectivity index (χ0) is 13.0. The van der Waals surface area contributed by atoms with E-state index in [1.807, 2.05) is 0 Å². The summed E-state index contributed by atoms with van der Waals surface area (Å²) in [7, 11) is 1.72. The molecular formula is C12H16ClN3O2. The maximum atomic E-state index is 12.1. The smallest absolute Gasteiger partial charge is 0.287 e. The molecule has 1 fully saturated rings. The lowest BCUT2D eigenvalue weighted by molar-refractivity contribution is 0.0480. The molecule has 1 aliphatic rings. The first-order valence-corrected chi connectivity index (χ1v) is 6.34. The minimum absolute atomic E-state index is 0.0560. The Hall–Kier alpha value is -1.20. The Labute approximate surface area is 111 Å². The van der Waals surface area contributed by atoms with E-state index in [-0.39, 0.29) is 11.9 Å². The summed E-state index contributed by atoms with van der Waals surface area (Å²) in [4.78, 5) is 19.8. The highest BCUT2D eigenvalue weighted by molar-refractivity contribution is 6.24. The van der Waals surface area contributed by atoms with Gasteiger partial charge in [-0.15, -0.1) is 0 Å². The highest BCUT2D eigenvalue weighted by Crippen LogP contribution is 2.26. The van der Waals surface area contributed by atoms with Crippen molar-refractivity contribution >= 4 is 17.7 Å². The lowest BCUT2D eigenvalue weighted by Crippen LogP contribution is -2.37. The van der Waals surface area contributed by atoms with Gasteiger partial charge in [0.1, 0.15) is 12.0 Å². The first-order valence-electron chi connectivity index (χ1n) is 6.00. The molecule has 6 heteroatoms. The Morgan fingerprint density at radius 3 is 2.72 bits per heavy atom. The molecule has 1 aromatic rings. The lowest BCUT2D eigenvalue weighted by Gasteiger charge is -2.31. The summed E-state index contributed by atoms with van der Waals surface area (Å²) >= 11 is 6.12. The molecule has 0 bridgehead atoms. The normalized spacial score (nSPS) is 23.7. The molecule has 1 aliphatic carbocycles. The van der Waals surface area contributed by atoms with Crippen molar-refractivity contribution in [1.29, 1.82) is 0 Å². The number of carbonyl (C=O) groups is 1. The predicted molar refractivity (Wildman–Crippen MR) is 67.1 cm³/mol. The number of halogens is 1. The number of nitrogens with zero attached hydrogens (tertiary/aromatic N) is 3. The van der Waals surface area contributed by atoms with E-state index in [1.54, 1.807) is 13.2 Å². The standard InChI is InChI=1S/C12H16ClN3O2/c1-18-10-4-2-9(3-5-10)16(13)12(17)11-6-7-14-8-15-11/h6-10H,2-5H2,1H3. The molecule has 1 aromatic heterocycles. The van der Waals surface area contributed by atoms with Crippen LogP contribution in [-0.4, -0.2) is 39.5 Å². The van der Waals surface area contributed by atoms with E-state index in [1.165, 1.54) is 16.9 Å². The third-order valence-electron chi connectivity index (χ3n) is 3.29. The molecular weight excluding hydrogens is 254 g/mol. The maximum absolute atomic E-state index is 12.1. The van der Waals surface area contributed by atoms with Crippen LogP contribution in [0.25, 0.3) is 0 Å². The monoisotopic (exact) mass is 269 g/mol. The van der Waals surface area contributed by atoms with Gasteiger partial charge in [0.25, 0.3) is 5.91 Å². The van der Waals surface area contributed by atoms with Crippen LogP contribution in [0.15, 0.2) is 18.6 Å². The SMILES string of the molecule is COC1CCC(N(Cl)C(=O)c2ccncn2)CC1. The first-order chi connectivity index (χ1) is 8.72. The Balaban J connectivity index is 1.96. The molecule has 5 nitrogen and oxygen atoms in total. The van der Waals surface area contributed by atoms with E-state index >= 15 is 0 Å². The number of carbonyl (C=O) groups excluding carboxylic acids is 1. The third kappa shape index (κ3) is 2.97. The average molecular weight is 270 g/mol. The Kier molecular flexibility index (Phi) is 4.49. The van der Waals surface area contributed by atoms with Crippen LogP contribution in [-0.2, 0) is 4.74 Å². The molecule has 0 radical (unpaired) electrons. The number of hydrogen-bond donors (Lipinski definition) is 0. The number of methoxy groups -OCH3 is 1. The molecule has 1 saturated carbocycles. The summed E-state index contributed by atoms with van der Waals surface area (Å²) in [5, 5.41) is 0. The van der Waals surface area contributed by atoms with E-state index < -0.39 is 0 Å². The van der Waals surface area contributed by atoms with Gasteiger partial charge in [-0.3, -0.25) is 4.79 Å². The van der Waals surface area contributed by atoms with Crippen LogP contribution in [0.1, 0.15) is 36.2 Å². The molecule has 0 N–H and O–H groups in total. The molecule has 1 amide bonds. The molecule has 0 aromatic carbocycles. The van der Waals surface area contributed by atoms with Crippen LogP contribution in [0, 0.1) is 0 Å². The van der Waals surface area contributed by atoms with Crippen molar-refractivity contribution in [3.8, 4) is 0 Å². The number of rotatable bonds is 3. The zero-order valence-electron chi connectivity index (χ0n) is 10.3. The second kappa shape index (κ2) is 6.11. The predicted octanol–water partition coefficient (Wildman–Crippen LogP) is 2.03. The molecule has 18 heavy (non-hydrogen) atoms. The average Bonchev–Trinajstić information content (AvgIpc) is 2.47. The van der Waals surface area contributed by atoms with Crippen LogP contribution >= 0.6 is 11.8 Å². The van der Waals surface area contributed by atoms with Crippen molar-refractivity contribution in [2.24, 2.45) is 0 Å². The summed E-state index contributed by atoms with van der Waals surface area (Å²) in [5.74, 6) is -0.264. The first kappa shape index (κ1) is 13.2. The second-order valence-corrected chi connectivity index (χ2v) is 4.74. The van der Waals surface area contributed by atoms with Gasteiger partial charge < -0.3 is 4.74 Å². The molecule has 0 unspecified atom stereocenters.